The number of carbonyl (C=O) groups excluding carboxylic acids is 1. The molecule has 0 saturated carbocycles. The van der Waals surface area contributed by atoms with Crippen LogP contribution in [0.25, 0.3) is 10.8 Å². The van der Waals surface area contributed by atoms with Gasteiger partial charge in [0.05, 0.1) is 19.3 Å². The molecular weight excluding hydrogens is 385 g/mol. The maximum atomic E-state index is 13.5. The number of fused-ring (bicyclic) bond motifs is 3. The topological polar surface area (TPSA) is 74.4 Å². The third-order valence-corrected chi connectivity index (χ3v) is 5.03. The van der Waals surface area contributed by atoms with Crippen molar-refractivity contribution in [2.45, 2.75) is 12.6 Å². The first-order valence-corrected chi connectivity index (χ1v) is 9.03. The van der Waals surface area contributed by atoms with Crippen LogP contribution in [-0.2, 0) is 11.3 Å². The number of H-pyrrole nitrogens is 1. The molecule has 2 amide bonds. The smallest absolute Gasteiger partial charge is 0.322 e. The van der Waals surface area contributed by atoms with Gasteiger partial charge in [-0.2, -0.15) is 0 Å². The fourth-order valence-electron chi connectivity index (χ4n) is 3.49. The maximum Gasteiger partial charge on any atom is 0.322 e. The van der Waals surface area contributed by atoms with Crippen molar-refractivity contribution in [3.8, 4) is 0 Å². The molecule has 144 valence electrons. The highest BCUT2D eigenvalue weighted by Crippen LogP contribution is 2.33. The molecule has 0 bridgehead atoms. The van der Waals surface area contributed by atoms with Crippen molar-refractivity contribution in [3.05, 3.63) is 74.9 Å². The van der Waals surface area contributed by atoms with Crippen LogP contribution in [0.15, 0.2) is 47.3 Å². The molecule has 0 fully saturated rings. The Morgan fingerprint density at radius 2 is 2.04 bits per heavy atom. The van der Waals surface area contributed by atoms with Gasteiger partial charge in [-0.25, -0.2) is 9.18 Å². The van der Waals surface area contributed by atoms with E-state index in [9.17, 15) is 14.0 Å². The van der Waals surface area contributed by atoms with E-state index in [1.165, 1.54) is 17.0 Å². The van der Waals surface area contributed by atoms with Crippen LogP contribution in [0.2, 0.25) is 5.02 Å². The van der Waals surface area contributed by atoms with Gasteiger partial charge in [0.2, 0.25) is 0 Å². The van der Waals surface area contributed by atoms with Crippen LogP contribution in [0, 0.1) is 5.82 Å². The lowest BCUT2D eigenvalue weighted by Gasteiger charge is -2.33. The molecule has 8 heteroatoms. The fourth-order valence-corrected chi connectivity index (χ4v) is 3.71. The van der Waals surface area contributed by atoms with Gasteiger partial charge in [-0.1, -0.05) is 29.8 Å². The number of carbonyl (C=O) groups is 1. The van der Waals surface area contributed by atoms with Crippen molar-refractivity contribution >= 4 is 34.1 Å². The highest BCUT2D eigenvalue weighted by molar-refractivity contribution is 6.30. The second kappa shape index (κ2) is 7.26. The summed E-state index contributed by atoms with van der Waals surface area (Å²) in [5, 5.41) is 4.17. The predicted molar refractivity (Wildman–Crippen MR) is 105 cm³/mol. The molecule has 2 heterocycles. The standard InChI is InChI=1S/C20H17ClFN3O3/c1-25(20(27)23-13-7-11(21)6-12(22)8-13)17-10-28-9-16-18(17)14-4-2-3-5-15(14)19(26)24-16/h2-8,17H,9-10H2,1H3,(H,23,27)(H,24,26)/t17-/m0/s1. The number of anilines is 1. The summed E-state index contributed by atoms with van der Waals surface area (Å²) in [6, 6.07) is 10.2. The molecule has 0 spiro atoms. The van der Waals surface area contributed by atoms with Crippen LogP contribution >= 0.6 is 11.6 Å². The molecule has 0 saturated heterocycles. The predicted octanol–water partition coefficient (Wildman–Crippen LogP) is 4.06. The van der Waals surface area contributed by atoms with E-state index in [4.69, 9.17) is 16.3 Å². The van der Waals surface area contributed by atoms with Crippen molar-refractivity contribution in [2.24, 2.45) is 0 Å². The monoisotopic (exact) mass is 401 g/mol. The van der Waals surface area contributed by atoms with Gasteiger partial charge in [-0.05, 0) is 29.7 Å². The van der Waals surface area contributed by atoms with Gasteiger partial charge in [-0.15, -0.1) is 0 Å². The lowest BCUT2D eigenvalue weighted by Crippen LogP contribution is -2.39. The zero-order valence-electron chi connectivity index (χ0n) is 15.0. The van der Waals surface area contributed by atoms with E-state index in [1.54, 1.807) is 19.2 Å². The SMILES string of the molecule is CN(C(=O)Nc1cc(F)cc(Cl)c1)[C@H]1COCc2[nH]c(=O)c3ccccc3c21. The second-order valence-electron chi connectivity index (χ2n) is 6.62. The molecule has 0 unspecified atom stereocenters. The number of hydrogen-bond donors (Lipinski definition) is 2. The molecule has 4 rings (SSSR count). The number of aromatic amines is 1. The minimum Gasteiger partial charge on any atom is -0.373 e. The Kier molecular flexibility index (Phi) is 4.78. The number of aromatic nitrogens is 1. The average Bonchev–Trinajstić information content (AvgIpc) is 2.66. The molecule has 1 atom stereocenters. The van der Waals surface area contributed by atoms with Crippen molar-refractivity contribution in [2.75, 3.05) is 19.0 Å². The summed E-state index contributed by atoms with van der Waals surface area (Å²) in [6.45, 7) is 0.539. The Balaban J connectivity index is 1.70. The van der Waals surface area contributed by atoms with Gasteiger partial charge in [0, 0.05) is 34.4 Å². The third kappa shape index (κ3) is 3.34. The highest BCUT2D eigenvalue weighted by Gasteiger charge is 2.30. The van der Waals surface area contributed by atoms with Crippen LogP contribution in [-0.4, -0.2) is 29.6 Å². The molecule has 3 aromatic rings. The third-order valence-electron chi connectivity index (χ3n) is 4.81. The first kappa shape index (κ1) is 18.5. The van der Waals surface area contributed by atoms with Gasteiger partial charge < -0.3 is 19.9 Å². The molecular formula is C20H17ClFN3O3. The Morgan fingerprint density at radius 3 is 2.79 bits per heavy atom. The van der Waals surface area contributed by atoms with Crippen LogP contribution in [0.3, 0.4) is 0 Å². The van der Waals surface area contributed by atoms with Gasteiger partial charge in [0.15, 0.2) is 0 Å². The molecule has 1 aliphatic heterocycles. The number of halogens is 2. The molecule has 28 heavy (non-hydrogen) atoms. The van der Waals surface area contributed by atoms with Crippen molar-refractivity contribution in [1.82, 2.24) is 9.88 Å². The number of ether oxygens (including phenoxy) is 1. The number of nitrogens with zero attached hydrogens (tertiary/aromatic N) is 1. The highest BCUT2D eigenvalue weighted by atomic mass is 35.5. The average molecular weight is 402 g/mol. The zero-order valence-corrected chi connectivity index (χ0v) is 15.7. The van der Waals surface area contributed by atoms with Crippen LogP contribution in [0.4, 0.5) is 14.9 Å². The quantitative estimate of drug-likeness (QED) is 0.680. The number of likely N-dealkylation sites (N-methyl/N-ethyl adjacent to an activating group) is 1. The van der Waals surface area contributed by atoms with Crippen molar-refractivity contribution in [1.29, 1.82) is 0 Å². The second-order valence-corrected chi connectivity index (χ2v) is 7.06. The van der Waals surface area contributed by atoms with Gasteiger partial charge in [-0.3, -0.25) is 4.79 Å². The Hall–Kier alpha value is -2.90. The lowest BCUT2D eigenvalue weighted by molar-refractivity contribution is 0.0527. The van der Waals surface area contributed by atoms with Crippen LogP contribution < -0.4 is 10.9 Å². The normalized spacial score (nSPS) is 15.9. The summed E-state index contributed by atoms with van der Waals surface area (Å²) in [5.41, 5.74) is 1.55. The largest absolute Gasteiger partial charge is 0.373 e. The van der Waals surface area contributed by atoms with Gasteiger partial charge in [0.25, 0.3) is 5.56 Å². The number of hydrogen-bond acceptors (Lipinski definition) is 3. The van der Waals surface area contributed by atoms with Crippen molar-refractivity contribution in [3.63, 3.8) is 0 Å². The summed E-state index contributed by atoms with van der Waals surface area (Å²) in [5.74, 6) is -0.541. The van der Waals surface area contributed by atoms with E-state index in [0.29, 0.717) is 11.1 Å². The Labute approximate surface area is 164 Å². The Bertz CT molecular complexity index is 1110. The molecule has 2 N–H and O–H groups in total. The fraction of sp³-hybridized carbons (Fsp3) is 0.200. The van der Waals surface area contributed by atoms with E-state index >= 15 is 0 Å². The summed E-state index contributed by atoms with van der Waals surface area (Å²) in [6.07, 6.45) is 0. The van der Waals surface area contributed by atoms with E-state index in [2.05, 4.69) is 10.3 Å². The summed E-state index contributed by atoms with van der Waals surface area (Å²) in [7, 11) is 1.62. The minimum atomic E-state index is -0.541. The Morgan fingerprint density at radius 1 is 1.29 bits per heavy atom. The van der Waals surface area contributed by atoms with E-state index in [0.717, 1.165) is 17.0 Å². The van der Waals surface area contributed by atoms with Crippen molar-refractivity contribution < 1.29 is 13.9 Å². The van der Waals surface area contributed by atoms with E-state index in [-0.39, 0.29) is 29.5 Å². The first-order chi connectivity index (χ1) is 13.4. The van der Waals surface area contributed by atoms with Gasteiger partial charge in [0.1, 0.15) is 5.82 Å². The molecule has 0 radical (unpaired) electrons. The number of urea groups is 1. The summed E-state index contributed by atoms with van der Waals surface area (Å²) in [4.78, 5) is 29.4. The number of amides is 2. The summed E-state index contributed by atoms with van der Waals surface area (Å²) < 4.78 is 19.1. The number of benzene rings is 2. The van der Waals surface area contributed by atoms with Crippen LogP contribution in [0.5, 0.6) is 0 Å². The summed E-state index contributed by atoms with van der Waals surface area (Å²) >= 11 is 5.85. The van der Waals surface area contributed by atoms with E-state index in [1.807, 2.05) is 12.1 Å². The number of pyridine rings is 1. The lowest BCUT2D eigenvalue weighted by atomic mass is 9.96. The minimum absolute atomic E-state index is 0.188. The number of rotatable bonds is 2. The molecule has 1 aromatic heterocycles. The number of nitrogens with one attached hydrogen (secondary N) is 2. The first-order valence-electron chi connectivity index (χ1n) is 8.65. The zero-order chi connectivity index (χ0) is 19.8. The molecule has 2 aromatic carbocycles. The van der Waals surface area contributed by atoms with Crippen LogP contribution in [0.1, 0.15) is 17.3 Å². The maximum absolute atomic E-state index is 13.5. The molecule has 1 aliphatic rings. The van der Waals surface area contributed by atoms with Gasteiger partial charge >= 0.3 is 6.03 Å². The molecule has 6 nitrogen and oxygen atoms in total. The van der Waals surface area contributed by atoms with E-state index < -0.39 is 17.9 Å². The molecule has 0 aliphatic carbocycles.